The Kier molecular flexibility index (Phi) is 3.51. The summed E-state index contributed by atoms with van der Waals surface area (Å²) >= 11 is 0. The normalized spacial score (nSPS) is 34.2. The molecule has 1 aliphatic carbocycles. The highest BCUT2D eigenvalue weighted by atomic mass is 19.4. The molecule has 1 unspecified atom stereocenters. The third-order valence-corrected chi connectivity index (χ3v) is 5.66. The maximum absolute atomic E-state index is 13.2. The van der Waals surface area contributed by atoms with E-state index >= 15 is 0 Å². The minimum absolute atomic E-state index is 0.128. The molecule has 0 aromatic carbocycles. The van der Waals surface area contributed by atoms with Gasteiger partial charge in [-0.2, -0.15) is 13.2 Å². The molecular formula is C16H19F3N4O2. The molecule has 2 aliphatic heterocycles. The number of halogens is 3. The number of hydrogen-bond donors (Lipinski definition) is 2. The van der Waals surface area contributed by atoms with Gasteiger partial charge in [-0.15, -0.1) is 0 Å². The summed E-state index contributed by atoms with van der Waals surface area (Å²) < 4.78 is 39.6. The van der Waals surface area contributed by atoms with Crippen LogP contribution >= 0.6 is 0 Å². The van der Waals surface area contributed by atoms with E-state index in [2.05, 4.69) is 15.3 Å². The lowest BCUT2D eigenvalue weighted by atomic mass is 9.60. The molecule has 1 aromatic rings. The van der Waals surface area contributed by atoms with Crippen LogP contribution in [0.4, 0.5) is 19.1 Å². The minimum atomic E-state index is -4.52. The van der Waals surface area contributed by atoms with E-state index in [0.717, 1.165) is 12.5 Å². The van der Waals surface area contributed by atoms with Gasteiger partial charge < -0.3 is 15.3 Å². The summed E-state index contributed by atoms with van der Waals surface area (Å²) in [5.74, 6) is -1.04. The predicted molar refractivity (Wildman–Crippen MR) is 82.0 cm³/mol. The largest absolute Gasteiger partial charge is 0.481 e. The van der Waals surface area contributed by atoms with E-state index in [1.165, 1.54) is 0 Å². The zero-order chi connectivity index (χ0) is 18.0. The van der Waals surface area contributed by atoms with Crippen molar-refractivity contribution in [2.24, 2.45) is 5.92 Å². The van der Waals surface area contributed by atoms with Gasteiger partial charge in [-0.05, 0) is 38.7 Å². The Hall–Kier alpha value is -1.90. The average molecular weight is 356 g/mol. The number of rotatable bonds is 3. The summed E-state index contributed by atoms with van der Waals surface area (Å²) in [5, 5.41) is 12.2. The van der Waals surface area contributed by atoms with Gasteiger partial charge in [-0.3, -0.25) is 4.79 Å². The molecule has 0 bridgehead atoms. The van der Waals surface area contributed by atoms with Crippen molar-refractivity contribution >= 4 is 11.9 Å². The van der Waals surface area contributed by atoms with Crippen LogP contribution in [0.2, 0.25) is 0 Å². The smallest absolute Gasteiger partial charge is 0.433 e. The first-order valence-electron chi connectivity index (χ1n) is 8.40. The van der Waals surface area contributed by atoms with Crippen LogP contribution < -0.4 is 10.2 Å². The third kappa shape index (κ3) is 2.74. The number of carboxylic acids is 1. The van der Waals surface area contributed by atoms with Crippen molar-refractivity contribution in [1.82, 2.24) is 15.3 Å². The number of aliphatic carboxylic acids is 1. The average Bonchev–Trinajstić information content (AvgIpc) is 2.41. The number of carbonyl (C=O) groups is 1. The molecule has 0 radical (unpaired) electrons. The summed E-state index contributed by atoms with van der Waals surface area (Å²) in [6.07, 6.45) is -1.96. The molecule has 0 amide bonds. The molecule has 136 valence electrons. The first kappa shape index (κ1) is 16.6. The van der Waals surface area contributed by atoms with Gasteiger partial charge in [0.1, 0.15) is 5.69 Å². The van der Waals surface area contributed by atoms with Gasteiger partial charge in [-0.25, -0.2) is 9.97 Å². The Bertz CT molecular complexity index is 710. The van der Waals surface area contributed by atoms with Crippen LogP contribution in [0.5, 0.6) is 0 Å². The van der Waals surface area contributed by atoms with Gasteiger partial charge in [0.25, 0.3) is 0 Å². The fourth-order valence-electron chi connectivity index (χ4n) is 3.98. The molecule has 1 spiro atoms. The van der Waals surface area contributed by atoms with E-state index in [4.69, 9.17) is 5.11 Å². The zero-order valence-electron chi connectivity index (χ0n) is 13.7. The van der Waals surface area contributed by atoms with Crippen molar-refractivity contribution in [3.05, 3.63) is 17.5 Å². The highest BCUT2D eigenvalue weighted by molar-refractivity contribution is 5.72. The van der Waals surface area contributed by atoms with E-state index in [9.17, 15) is 18.0 Å². The highest BCUT2D eigenvalue weighted by Crippen LogP contribution is 2.51. The van der Waals surface area contributed by atoms with Gasteiger partial charge in [0.05, 0.1) is 17.7 Å². The number of anilines is 1. The van der Waals surface area contributed by atoms with E-state index < -0.39 is 17.8 Å². The second-order valence-electron chi connectivity index (χ2n) is 7.43. The van der Waals surface area contributed by atoms with Gasteiger partial charge >= 0.3 is 12.1 Å². The van der Waals surface area contributed by atoms with Crippen molar-refractivity contribution < 1.29 is 23.1 Å². The minimum Gasteiger partial charge on any atom is -0.481 e. The molecule has 3 aliphatic rings. The number of nitrogens with one attached hydrogen (secondary N) is 1. The van der Waals surface area contributed by atoms with Gasteiger partial charge in [-0.1, -0.05) is 0 Å². The molecular weight excluding hydrogens is 337 g/mol. The van der Waals surface area contributed by atoms with Crippen molar-refractivity contribution in [3.63, 3.8) is 0 Å². The van der Waals surface area contributed by atoms with Crippen LogP contribution in [-0.2, 0) is 11.0 Å². The summed E-state index contributed by atoms with van der Waals surface area (Å²) in [7, 11) is 0. The molecule has 6 nitrogen and oxygen atoms in total. The fourth-order valence-corrected chi connectivity index (χ4v) is 3.98. The van der Waals surface area contributed by atoms with Gasteiger partial charge in [0, 0.05) is 18.1 Å². The summed E-state index contributed by atoms with van der Waals surface area (Å²) in [6, 6.07) is 0.861. The lowest BCUT2D eigenvalue weighted by Crippen LogP contribution is -2.66. The first-order chi connectivity index (χ1) is 11.7. The van der Waals surface area contributed by atoms with E-state index in [1.54, 1.807) is 4.90 Å². The molecule has 25 heavy (non-hydrogen) atoms. The number of hydrogen-bond acceptors (Lipinski definition) is 5. The molecule has 1 aromatic heterocycles. The van der Waals surface area contributed by atoms with Gasteiger partial charge in [0.15, 0.2) is 0 Å². The molecule has 3 heterocycles. The Balaban J connectivity index is 1.54. The number of alkyl halides is 3. The molecule has 2 atom stereocenters. The topological polar surface area (TPSA) is 78.4 Å². The number of nitrogens with zero attached hydrogens (tertiary/aromatic N) is 3. The molecule has 1 saturated carbocycles. The Morgan fingerprint density at radius 2 is 2.04 bits per heavy atom. The maximum atomic E-state index is 13.2. The van der Waals surface area contributed by atoms with Crippen molar-refractivity contribution in [3.8, 4) is 0 Å². The molecule has 4 rings (SSSR count). The van der Waals surface area contributed by atoms with Crippen molar-refractivity contribution in [2.75, 3.05) is 11.4 Å². The highest BCUT2D eigenvalue weighted by Gasteiger charge is 2.55. The third-order valence-electron chi connectivity index (χ3n) is 5.66. The van der Waals surface area contributed by atoms with Crippen LogP contribution in [0.25, 0.3) is 0 Å². The standard InChI is InChI=1S/C16H19F3N4O2/c1-8-2-3-23(8)14-20-10(4-12(21-14)16(17,18)19)11-7-15(22-11)5-9(6-15)13(24)25/h4,8-9,11,22H,2-3,5-7H2,1H3,(H,24,25)/t8?,9?,11-,15?/m0/s1. The second-order valence-corrected chi connectivity index (χ2v) is 7.43. The molecule has 9 heteroatoms. The summed E-state index contributed by atoms with van der Waals surface area (Å²) in [6.45, 7) is 2.59. The Labute approximate surface area is 142 Å². The zero-order valence-corrected chi connectivity index (χ0v) is 13.7. The van der Waals surface area contributed by atoms with Crippen molar-refractivity contribution in [2.45, 2.75) is 56.4 Å². The lowest BCUT2D eigenvalue weighted by Gasteiger charge is -2.57. The second kappa shape index (κ2) is 5.30. The molecule has 2 saturated heterocycles. The number of carboxylic acid groups (broad SMARTS) is 1. The van der Waals surface area contributed by atoms with Crippen LogP contribution in [0.3, 0.4) is 0 Å². The Morgan fingerprint density at radius 3 is 2.52 bits per heavy atom. The van der Waals surface area contributed by atoms with Gasteiger partial charge in [0.2, 0.25) is 5.95 Å². The number of aromatic nitrogens is 2. The fraction of sp³-hybridized carbons (Fsp3) is 0.688. The van der Waals surface area contributed by atoms with E-state index in [-0.39, 0.29) is 29.5 Å². The van der Waals surface area contributed by atoms with Crippen molar-refractivity contribution in [1.29, 1.82) is 0 Å². The SMILES string of the molecule is CC1CCN1c1nc([C@@H]2CC3(CC(C(=O)O)C3)N2)cc(C(F)(F)F)n1. The lowest BCUT2D eigenvalue weighted by molar-refractivity contribution is -0.151. The van der Waals surface area contributed by atoms with Crippen LogP contribution in [0.15, 0.2) is 6.07 Å². The van der Waals surface area contributed by atoms with E-state index in [0.29, 0.717) is 31.5 Å². The van der Waals surface area contributed by atoms with E-state index in [1.807, 2.05) is 6.92 Å². The first-order valence-corrected chi connectivity index (χ1v) is 8.40. The van der Waals surface area contributed by atoms with Crippen LogP contribution in [0, 0.1) is 5.92 Å². The van der Waals surface area contributed by atoms with Crippen LogP contribution in [-0.4, -0.2) is 39.2 Å². The summed E-state index contributed by atoms with van der Waals surface area (Å²) in [4.78, 5) is 20.8. The Morgan fingerprint density at radius 1 is 1.36 bits per heavy atom. The molecule has 3 fully saturated rings. The summed E-state index contributed by atoms with van der Waals surface area (Å²) in [5.41, 5.74) is -0.839. The predicted octanol–water partition coefficient (Wildman–Crippen LogP) is 2.36. The maximum Gasteiger partial charge on any atom is 0.433 e. The quantitative estimate of drug-likeness (QED) is 0.866. The van der Waals surface area contributed by atoms with Crippen LogP contribution in [0.1, 0.15) is 50.0 Å². The molecule has 2 N–H and O–H groups in total. The monoisotopic (exact) mass is 356 g/mol.